The van der Waals surface area contributed by atoms with Crippen molar-refractivity contribution >= 4 is 17.8 Å². The summed E-state index contributed by atoms with van der Waals surface area (Å²) in [6.45, 7) is 1.55. The second-order valence-corrected chi connectivity index (χ2v) is 4.60. The smallest absolute Gasteiger partial charge is 0.326 e. The topological polar surface area (TPSA) is 124 Å². The molecule has 7 nitrogen and oxygen atoms in total. The van der Waals surface area contributed by atoms with Gasteiger partial charge in [-0.2, -0.15) is 0 Å². The lowest BCUT2D eigenvalue weighted by Crippen LogP contribution is -2.41. The SMILES string of the molecule is Cc1c(O)cccc1C(=O)N[C@H](CCCC(=O)O)C(=O)O. The molecule has 0 saturated heterocycles. The molecule has 0 aliphatic carbocycles. The van der Waals surface area contributed by atoms with Crippen molar-refractivity contribution in [2.24, 2.45) is 0 Å². The van der Waals surface area contributed by atoms with Gasteiger partial charge in [-0.1, -0.05) is 6.07 Å². The first kappa shape index (κ1) is 16.5. The molecule has 0 aliphatic heterocycles. The normalized spacial score (nSPS) is 11.7. The van der Waals surface area contributed by atoms with E-state index >= 15 is 0 Å². The molecule has 1 aromatic rings. The molecular weight excluding hydrogens is 278 g/mol. The lowest BCUT2D eigenvalue weighted by atomic mass is 10.1. The second kappa shape index (κ2) is 7.28. The molecule has 1 atom stereocenters. The van der Waals surface area contributed by atoms with Gasteiger partial charge in [-0.05, 0) is 31.9 Å². The zero-order chi connectivity index (χ0) is 16.0. The van der Waals surface area contributed by atoms with E-state index < -0.39 is 23.9 Å². The maximum atomic E-state index is 12.0. The number of carboxylic acids is 2. The molecule has 7 heteroatoms. The quantitative estimate of drug-likeness (QED) is 0.598. The fourth-order valence-electron chi connectivity index (χ4n) is 1.82. The minimum atomic E-state index is -1.23. The Labute approximate surface area is 121 Å². The van der Waals surface area contributed by atoms with Gasteiger partial charge in [0.2, 0.25) is 0 Å². The predicted molar refractivity (Wildman–Crippen MR) is 73.2 cm³/mol. The van der Waals surface area contributed by atoms with E-state index in [0.717, 1.165) is 0 Å². The third-order valence-corrected chi connectivity index (χ3v) is 3.04. The molecule has 1 rings (SSSR count). The number of phenols is 1. The van der Waals surface area contributed by atoms with Gasteiger partial charge in [-0.25, -0.2) is 4.79 Å². The number of aliphatic carboxylic acids is 2. The number of carbonyl (C=O) groups is 3. The van der Waals surface area contributed by atoms with E-state index in [0.29, 0.717) is 5.56 Å². The van der Waals surface area contributed by atoms with E-state index in [-0.39, 0.29) is 30.6 Å². The Balaban J connectivity index is 2.74. The Hall–Kier alpha value is -2.57. The van der Waals surface area contributed by atoms with Crippen molar-refractivity contribution in [1.82, 2.24) is 5.32 Å². The van der Waals surface area contributed by atoms with Crippen LogP contribution >= 0.6 is 0 Å². The summed E-state index contributed by atoms with van der Waals surface area (Å²) in [6.07, 6.45) is 0.00163. The van der Waals surface area contributed by atoms with Crippen molar-refractivity contribution in [2.45, 2.75) is 32.2 Å². The molecule has 0 aromatic heterocycles. The van der Waals surface area contributed by atoms with Crippen LogP contribution in [0.4, 0.5) is 0 Å². The molecule has 0 unspecified atom stereocenters. The Bertz CT molecular complexity index is 554. The Morgan fingerprint density at radius 1 is 1.24 bits per heavy atom. The van der Waals surface area contributed by atoms with Crippen molar-refractivity contribution in [3.05, 3.63) is 29.3 Å². The molecule has 21 heavy (non-hydrogen) atoms. The fourth-order valence-corrected chi connectivity index (χ4v) is 1.82. The average Bonchev–Trinajstić information content (AvgIpc) is 2.40. The summed E-state index contributed by atoms with van der Waals surface area (Å²) in [4.78, 5) is 33.5. The van der Waals surface area contributed by atoms with Crippen LogP contribution in [0, 0.1) is 6.92 Å². The van der Waals surface area contributed by atoms with Crippen LogP contribution in [0.15, 0.2) is 18.2 Å². The third kappa shape index (κ3) is 4.79. The molecule has 4 N–H and O–H groups in total. The number of amides is 1. The summed E-state index contributed by atoms with van der Waals surface area (Å²) in [7, 11) is 0. The van der Waals surface area contributed by atoms with E-state index in [9.17, 15) is 19.5 Å². The van der Waals surface area contributed by atoms with Gasteiger partial charge in [0.25, 0.3) is 5.91 Å². The number of phenolic OH excluding ortho intramolecular Hbond substituents is 1. The molecule has 0 radical (unpaired) electrons. The number of hydrogen-bond donors (Lipinski definition) is 4. The number of carboxylic acid groups (broad SMARTS) is 2. The standard InChI is InChI=1S/C14H17NO6/c1-8-9(4-2-6-11(8)16)13(19)15-10(14(20)21)5-3-7-12(17)18/h2,4,6,10,16H,3,5,7H2,1H3,(H,15,19)(H,17,18)(H,20,21)/t10-/m1/s1. The summed E-state index contributed by atoms with van der Waals surface area (Å²) in [6, 6.07) is 3.21. The molecule has 0 fully saturated rings. The predicted octanol–water partition coefficient (Wildman–Crippen LogP) is 1.14. The lowest BCUT2D eigenvalue weighted by Gasteiger charge is -2.15. The number of nitrogens with one attached hydrogen (secondary N) is 1. The van der Waals surface area contributed by atoms with Crippen LogP contribution in [0.25, 0.3) is 0 Å². The maximum absolute atomic E-state index is 12.0. The highest BCUT2D eigenvalue weighted by molar-refractivity contribution is 5.98. The van der Waals surface area contributed by atoms with Gasteiger partial charge < -0.3 is 20.6 Å². The van der Waals surface area contributed by atoms with Gasteiger partial charge in [-0.3, -0.25) is 9.59 Å². The Morgan fingerprint density at radius 3 is 2.48 bits per heavy atom. The largest absolute Gasteiger partial charge is 0.508 e. The summed E-state index contributed by atoms with van der Waals surface area (Å²) in [5.74, 6) is -2.92. The molecule has 0 bridgehead atoms. The summed E-state index contributed by atoms with van der Waals surface area (Å²) in [5.41, 5.74) is 0.532. The summed E-state index contributed by atoms with van der Waals surface area (Å²) in [5, 5.41) is 29.4. The van der Waals surface area contributed by atoms with Crippen molar-refractivity contribution < 1.29 is 29.7 Å². The molecule has 0 aliphatic rings. The summed E-state index contributed by atoms with van der Waals surface area (Å²) < 4.78 is 0. The van der Waals surface area contributed by atoms with Crippen molar-refractivity contribution in [3.8, 4) is 5.75 Å². The zero-order valence-corrected chi connectivity index (χ0v) is 11.5. The number of hydrogen-bond acceptors (Lipinski definition) is 4. The van der Waals surface area contributed by atoms with Gasteiger partial charge in [0.15, 0.2) is 0 Å². The Morgan fingerprint density at radius 2 is 1.90 bits per heavy atom. The first-order valence-corrected chi connectivity index (χ1v) is 6.37. The average molecular weight is 295 g/mol. The van der Waals surface area contributed by atoms with E-state index in [1.807, 2.05) is 0 Å². The monoisotopic (exact) mass is 295 g/mol. The van der Waals surface area contributed by atoms with Gasteiger partial charge >= 0.3 is 11.9 Å². The van der Waals surface area contributed by atoms with Gasteiger partial charge in [0.05, 0.1) is 0 Å². The molecule has 0 spiro atoms. The van der Waals surface area contributed by atoms with Crippen molar-refractivity contribution in [3.63, 3.8) is 0 Å². The molecule has 1 aromatic carbocycles. The minimum absolute atomic E-state index is 0.0191. The number of benzene rings is 1. The van der Waals surface area contributed by atoms with Crippen molar-refractivity contribution in [2.75, 3.05) is 0 Å². The maximum Gasteiger partial charge on any atom is 0.326 e. The lowest BCUT2D eigenvalue weighted by molar-refractivity contribution is -0.140. The zero-order valence-electron chi connectivity index (χ0n) is 11.5. The number of rotatable bonds is 7. The highest BCUT2D eigenvalue weighted by Gasteiger charge is 2.22. The van der Waals surface area contributed by atoms with E-state index in [2.05, 4.69) is 5.32 Å². The van der Waals surface area contributed by atoms with Crippen LogP contribution in [0.2, 0.25) is 0 Å². The second-order valence-electron chi connectivity index (χ2n) is 4.60. The van der Waals surface area contributed by atoms with Gasteiger partial charge in [0.1, 0.15) is 11.8 Å². The molecule has 0 saturated carbocycles. The first-order chi connectivity index (χ1) is 9.82. The van der Waals surface area contributed by atoms with E-state index in [1.165, 1.54) is 18.2 Å². The summed E-state index contributed by atoms with van der Waals surface area (Å²) >= 11 is 0. The fraction of sp³-hybridized carbons (Fsp3) is 0.357. The number of carbonyl (C=O) groups excluding carboxylic acids is 1. The van der Waals surface area contributed by atoms with Crippen LogP contribution in [0.1, 0.15) is 35.2 Å². The highest BCUT2D eigenvalue weighted by Crippen LogP contribution is 2.19. The van der Waals surface area contributed by atoms with E-state index in [4.69, 9.17) is 10.2 Å². The molecule has 1 amide bonds. The number of aromatic hydroxyl groups is 1. The molecule has 0 heterocycles. The molecular formula is C14H17NO6. The van der Waals surface area contributed by atoms with Gasteiger partial charge in [-0.15, -0.1) is 0 Å². The van der Waals surface area contributed by atoms with Crippen LogP contribution in [-0.4, -0.2) is 39.2 Å². The first-order valence-electron chi connectivity index (χ1n) is 6.37. The van der Waals surface area contributed by atoms with Crippen LogP contribution < -0.4 is 5.32 Å². The van der Waals surface area contributed by atoms with Crippen molar-refractivity contribution in [1.29, 1.82) is 0 Å². The van der Waals surface area contributed by atoms with Crippen LogP contribution in [-0.2, 0) is 9.59 Å². The van der Waals surface area contributed by atoms with Crippen LogP contribution in [0.5, 0.6) is 5.75 Å². The Kier molecular flexibility index (Phi) is 5.71. The molecule has 114 valence electrons. The highest BCUT2D eigenvalue weighted by atomic mass is 16.4. The van der Waals surface area contributed by atoms with Crippen LogP contribution in [0.3, 0.4) is 0 Å². The van der Waals surface area contributed by atoms with Gasteiger partial charge in [0, 0.05) is 17.5 Å². The third-order valence-electron chi connectivity index (χ3n) is 3.04. The minimum Gasteiger partial charge on any atom is -0.508 e. The van der Waals surface area contributed by atoms with E-state index in [1.54, 1.807) is 6.92 Å².